The zero-order chi connectivity index (χ0) is 15.8. The molecule has 1 aliphatic rings. The standard InChI is InChI=1S/C14H19BN2O4/c1-13(2)14(3,4)21-15(20-13)11-6-10(12(19)16-5)9(8-18)7-17-11/h6-8H,1-5H3,(H,16,19). The smallest absolute Gasteiger partial charge is 0.398 e. The lowest BCUT2D eigenvalue weighted by molar-refractivity contribution is 0.00578. The minimum atomic E-state index is -0.667. The molecule has 2 rings (SSSR count). The summed E-state index contributed by atoms with van der Waals surface area (Å²) in [6.07, 6.45) is 1.96. The molecule has 0 atom stereocenters. The van der Waals surface area contributed by atoms with Gasteiger partial charge in [-0.1, -0.05) is 0 Å². The van der Waals surface area contributed by atoms with Crippen LogP contribution < -0.4 is 10.9 Å². The first-order valence-corrected chi connectivity index (χ1v) is 6.74. The molecule has 0 spiro atoms. The molecule has 1 fully saturated rings. The Bertz CT molecular complexity index is 570. The molecule has 0 aliphatic carbocycles. The minimum absolute atomic E-state index is 0.231. The monoisotopic (exact) mass is 290 g/mol. The van der Waals surface area contributed by atoms with Gasteiger partial charge in [0.15, 0.2) is 6.29 Å². The lowest BCUT2D eigenvalue weighted by Gasteiger charge is -2.32. The first-order valence-electron chi connectivity index (χ1n) is 6.74. The molecule has 0 bridgehead atoms. The summed E-state index contributed by atoms with van der Waals surface area (Å²) in [4.78, 5) is 27.0. The summed E-state index contributed by atoms with van der Waals surface area (Å²) in [5.41, 5.74) is -0.0224. The number of pyridine rings is 1. The topological polar surface area (TPSA) is 77.5 Å². The van der Waals surface area contributed by atoms with Crippen molar-refractivity contribution in [2.45, 2.75) is 38.9 Å². The number of carbonyl (C=O) groups is 2. The number of hydrogen-bond acceptors (Lipinski definition) is 5. The van der Waals surface area contributed by atoms with Crippen LogP contribution in [0, 0.1) is 0 Å². The quantitative estimate of drug-likeness (QED) is 0.650. The minimum Gasteiger partial charge on any atom is -0.398 e. The van der Waals surface area contributed by atoms with Gasteiger partial charge in [0.25, 0.3) is 5.91 Å². The van der Waals surface area contributed by atoms with Crippen LogP contribution in [-0.4, -0.2) is 42.5 Å². The lowest BCUT2D eigenvalue weighted by atomic mass is 9.83. The average molecular weight is 290 g/mol. The van der Waals surface area contributed by atoms with E-state index in [1.54, 1.807) is 0 Å². The highest BCUT2D eigenvalue weighted by Gasteiger charge is 2.52. The molecule has 1 aromatic heterocycles. The van der Waals surface area contributed by atoms with Crippen molar-refractivity contribution in [3.63, 3.8) is 0 Å². The van der Waals surface area contributed by atoms with E-state index in [-0.39, 0.29) is 17.0 Å². The molecule has 112 valence electrons. The van der Waals surface area contributed by atoms with Crippen LogP contribution in [0.3, 0.4) is 0 Å². The Hall–Kier alpha value is -1.73. The number of hydrogen-bond donors (Lipinski definition) is 1. The number of aldehydes is 1. The van der Waals surface area contributed by atoms with E-state index in [4.69, 9.17) is 9.31 Å². The fraction of sp³-hybridized carbons (Fsp3) is 0.500. The number of nitrogens with zero attached hydrogens (tertiary/aromatic N) is 1. The van der Waals surface area contributed by atoms with Crippen LogP contribution in [0.1, 0.15) is 48.4 Å². The van der Waals surface area contributed by atoms with Crippen LogP contribution in [0.2, 0.25) is 0 Å². The third-order valence-corrected chi connectivity index (χ3v) is 4.05. The molecule has 1 aliphatic heterocycles. The molecule has 0 radical (unpaired) electrons. The van der Waals surface area contributed by atoms with Crippen molar-refractivity contribution in [1.82, 2.24) is 10.3 Å². The molecule has 6 nitrogen and oxygen atoms in total. The van der Waals surface area contributed by atoms with Crippen molar-refractivity contribution in [2.24, 2.45) is 0 Å². The van der Waals surface area contributed by atoms with Gasteiger partial charge in [-0.2, -0.15) is 0 Å². The van der Waals surface area contributed by atoms with Gasteiger partial charge >= 0.3 is 7.12 Å². The number of nitrogens with one attached hydrogen (secondary N) is 1. The second kappa shape index (κ2) is 5.24. The van der Waals surface area contributed by atoms with Gasteiger partial charge in [-0.15, -0.1) is 0 Å². The van der Waals surface area contributed by atoms with Crippen molar-refractivity contribution >= 4 is 24.9 Å². The number of aromatic nitrogens is 1. The molecule has 0 saturated carbocycles. The van der Waals surface area contributed by atoms with Crippen LogP contribution in [0.4, 0.5) is 0 Å². The van der Waals surface area contributed by atoms with Gasteiger partial charge in [0, 0.05) is 18.8 Å². The van der Waals surface area contributed by atoms with E-state index in [1.165, 1.54) is 19.3 Å². The van der Waals surface area contributed by atoms with Gasteiger partial charge in [0.05, 0.1) is 22.4 Å². The fourth-order valence-corrected chi connectivity index (χ4v) is 2.00. The first kappa shape index (κ1) is 15.7. The molecule has 2 heterocycles. The SMILES string of the molecule is CNC(=O)c1cc(B2OC(C)(C)C(C)(C)O2)ncc1C=O. The summed E-state index contributed by atoms with van der Waals surface area (Å²) in [5.74, 6) is -0.350. The predicted octanol–water partition coefficient (Wildman–Crippen LogP) is 0.553. The summed E-state index contributed by atoms with van der Waals surface area (Å²) in [6, 6.07) is 1.53. The maximum Gasteiger partial charge on any atom is 0.514 e. The van der Waals surface area contributed by atoms with E-state index in [0.717, 1.165) is 0 Å². The van der Waals surface area contributed by atoms with Crippen molar-refractivity contribution in [1.29, 1.82) is 0 Å². The predicted molar refractivity (Wildman–Crippen MR) is 78.7 cm³/mol. The molecule has 7 heteroatoms. The average Bonchev–Trinajstić information content (AvgIpc) is 2.66. The molecule has 0 unspecified atom stereocenters. The number of amides is 1. The zero-order valence-electron chi connectivity index (χ0n) is 12.9. The zero-order valence-corrected chi connectivity index (χ0v) is 12.9. The normalized spacial score (nSPS) is 19.4. The Morgan fingerprint density at radius 3 is 2.33 bits per heavy atom. The van der Waals surface area contributed by atoms with E-state index in [9.17, 15) is 9.59 Å². The van der Waals surface area contributed by atoms with Crippen LogP contribution in [0.15, 0.2) is 12.3 Å². The third-order valence-electron chi connectivity index (χ3n) is 4.05. The molecular weight excluding hydrogens is 271 g/mol. The summed E-state index contributed by atoms with van der Waals surface area (Å²) >= 11 is 0. The molecule has 1 aromatic rings. The fourth-order valence-electron chi connectivity index (χ4n) is 2.00. The maximum absolute atomic E-state index is 11.8. The Morgan fingerprint density at radius 1 is 1.29 bits per heavy atom. The van der Waals surface area contributed by atoms with Crippen LogP contribution in [-0.2, 0) is 9.31 Å². The van der Waals surface area contributed by atoms with Crippen LogP contribution in [0.25, 0.3) is 0 Å². The largest absolute Gasteiger partial charge is 0.514 e. The molecular formula is C14H19BN2O4. The van der Waals surface area contributed by atoms with Gasteiger partial charge in [-0.05, 0) is 33.8 Å². The molecule has 1 amide bonds. The Labute approximate surface area is 124 Å². The second-order valence-corrected chi connectivity index (χ2v) is 5.98. The van der Waals surface area contributed by atoms with Gasteiger partial charge < -0.3 is 14.6 Å². The summed E-state index contributed by atoms with van der Waals surface area (Å²) < 4.78 is 11.8. The summed E-state index contributed by atoms with van der Waals surface area (Å²) in [5, 5.41) is 2.50. The van der Waals surface area contributed by atoms with E-state index in [1.807, 2.05) is 27.7 Å². The van der Waals surface area contributed by atoms with Crippen LogP contribution >= 0.6 is 0 Å². The van der Waals surface area contributed by atoms with E-state index >= 15 is 0 Å². The van der Waals surface area contributed by atoms with Crippen molar-refractivity contribution in [2.75, 3.05) is 7.05 Å². The van der Waals surface area contributed by atoms with Crippen LogP contribution in [0.5, 0.6) is 0 Å². The Balaban J connectivity index is 2.39. The highest BCUT2D eigenvalue weighted by Crippen LogP contribution is 2.36. The van der Waals surface area contributed by atoms with E-state index in [0.29, 0.717) is 11.9 Å². The first-order chi connectivity index (χ1) is 9.71. The molecule has 1 saturated heterocycles. The Morgan fingerprint density at radius 2 is 1.86 bits per heavy atom. The molecule has 21 heavy (non-hydrogen) atoms. The highest BCUT2D eigenvalue weighted by molar-refractivity contribution is 6.61. The summed E-state index contributed by atoms with van der Waals surface area (Å²) in [6.45, 7) is 7.75. The van der Waals surface area contributed by atoms with Gasteiger partial charge in [-0.3, -0.25) is 14.6 Å². The Kier molecular flexibility index (Phi) is 3.90. The highest BCUT2D eigenvalue weighted by atomic mass is 16.7. The number of carbonyl (C=O) groups excluding carboxylic acids is 2. The molecule has 1 N–H and O–H groups in total. The van der Waals surface area contributed by atoms with Gasteiger partial charge in [-0.25, -0.2) is 0 Å². The van der Waals surface area contributed by atoms with Crippen molar-refractivity contribution in [3.05, 3.63) is 23.4 Å². The second-order valence-electron chi connectivity index (χ2n) is 5.98. The van der Waals surface area contributed by atoms with Gasteiger partial charge in [0.1, 0.15) is 0 Å². The summed E-state index contributed by atoms with van der Waals surface area (Å²) in [7, 11) is 0.838. The van der Waals surface area contributed by atoms with Crippen molar-refractivity contribution in [3.8, 4) is 0 Å². The van der Waals surface area contributed by atoms with Gasteiger partial charge in [0.2, 0.25) is 0 Å². The van der Waals surface area contributed by atoms with Crippen molar-refractivity contribution < 1.29 is 18.9 Å². The number of rotatable bonds is 3. The maximum atomic E-state index is 11.8. The lowest BCUT2D eigenvalue weighted by Crippen LogP contribution is -2.41. The van der Waals surface area contributed by atoms with E-state index < -0.39 is 18.3 Å². The van der Waals surface area contributed by atoms with E-state index in [2.05, 4.69) is 10.3 Å². The third kappa shape index (κ3) is 2.71. The molecule has 0 aromatic carbocycles.